The van der Waals surface area contributed by atoms with Crippen molar-refractivity contribution >= 4 is 39.0 Å². The van der Waals surface area contributed by atoms with E-state index in [0.717, 1.165) is 42.2 Å². The Morgan fingerprint density at radius 2 is 2.00 bits per heavy atom. The van der Waals surface area contributed by atoms with Crippen LogP contribution in [0.4, 0.5) is 5.82 Å². The van der Waals surface area contributed by atoms with Gasteiger partial charge in [0.2, 0.25) is 5.28 Å². The van der Waals surface area contributed by atoms with E-state index in [4.69, 9.17) is 11.6 Å². The molecule has 0 amide bonds. The van der Waals surface area contributed by atoms with Crippen molar-refractivity contribution in [3.05, 3.63) is 16.7 Å². The number of aromatic nitrogens is 2. The predicted molar refractivity (Wildman–Crippen MR) is 87.4 cm³/mol. The van der Waals surface area contributed by atoms with Crippen molar-refractivity contribution < 1.29 is 5.11 Å². The van der Waals surface area contributed by atoms with Crippen LogP contribution in [0, 0.1) is 0 Å². The summed E-state index contributed by atoms with van der Waals surface area (Å²) < 4.78 is 0. The number of anilines is 1. The van der Waals surface area contributed by atoms with Crippen LogP contribution in [-0.4, -0.2) is 58.3 Å². The smallest absolute Gasteiger partial charge is 0.225 e. The second-order valence-corrected chi connectivity index (χ2v) is 7.26. The first kappa shape index (κ1) is 15.0. The van der Waals surface area contributed by atoms with Gasteiger partial charge in [-0.1, -0.05) is 0 Å². The van der Waals surface area contributed by atoms with Crippen LogP contribution in [0.1, 0.15) is 13.8 Å². The molecule has 5 nitrogen and oxygen atoms in total. The van der Waals surface area contributed by atoms with Gasteiger partial charge >= 0.3 is 0 Å². The summed E-state index contributed by atoms with van der Waals surface area (Å²) in [5.74, 6) is 0.925. The molecule has 3 heterocycles. The van der Waals surface area contributed by atoms with Crippen molar-refractivity contribution in [2.75, 3.05) is 37.6 Å². The van der Waals surface area contributed by atoms with E-state index in [2.05, 4.69) is 25.8 Å². The van der Waals surface area contributed by atoms with Gasteiger partial charge in [0.1, 0.15) is 10.6 Å². The molecule has 0 aliphatic carbocycles. The number of thiophene rings is 1. The Labute approximate surface area is 133 Å². The van der Waals surface area contributed by atoms with Crippen molar-refractivity contribution in [3.63, 3.8) is 0 Å². The molecular formula is C14H19ClN4OS. The maximum atomic E-state index is 9.91. The Hall–Kier alpha value is -0.950. The molecule has 114 valence electrons. The number of hydrogen-bond acceptors (Lipinski definition) is 6. The van der Waals surface area contributed by atoms with E-state index >= 15 is 0 Å². The van der Waals surface area contributed by atoms with Gasteiger partial charge in [0.25, 0.3) is 0 Å². The lowest BCUT2D eigenvalue weighted by molar-refractivity contribution is 0.0345. The molecule has 1 saturated heterocycles. The van der Waals surface area contributed by atoms with Gasteiger partial charge in [0, 0.05) is 32.7 Å². The SMILES string of the molecule is CC(C)(O)CN1CCN(c2nc(Cl)nc3sccc23)CC1. The second kappa shape index (κ2) is 5.68. The Balaban J connectivity index is 1.75. The van der Waals surface area contributed by atoms with E-state index in [1.54, 1.807) is 11.3 Å². The Morgan fingerprint density at radius 3 is 2.67 bits per heavy atom. The molecule has 0 spiro atoms. The molecule has 0 radical (unpaired) electrons. The van der Waals surface area contributed by atoms with E-state index < -0.39 is 5.60 Å². The number of β-amino-alcohol motifs (C(OH)–C–C–N with tert-alkyl or cyclic N) is 1. The average molecular weight is 327 g/mol. The summed E-state index contributed by atoms with van der Waals surface area (Å²) in [5, 5.41) is 13.3. The average Bonchev–Trinajstić information content (AvgIpc) is 2.85. The minimum Gasteiger partial charge on any atom is -0.389 e. The maximum absolute atomic E-state index is 9.91. The van der Waals surface area contributed by atoms with Crippen molar-refractivity contribution in [1.29, 1.82) is 0 Å². The number of aliphatic hydroxyl groups is 1. The largest absolute Gasteiger partial charge is 0.389 e. The molecule has 2 aromatic heterocycles. The van der Waals surface area contributed by atoms with Crippen LogP contribution in [0.5, 0.6) is 0 Å². The first-order chi connectivity index (χ1) is 9.92. The van der Waals surface area contributed by atoms with Gasteiger partial charge in [0.05, 0.1) is 11.0 Å². The number of halogens is 1. The maximum Gasteiger partial charge on any atom is 0.225 e. The summed E-state index contributed by atoms with van der Waals surface area (Å²) in [6, 6.07) is 2.05. The van der Waals surface area contributed by atoms with Gasteiger partial charge in [-0.2, -0.15) is 4.98 Å². The second-order valence-electron chi connectivity index (χ2n) is 6.03. The summed E-state index contributed by atoms with van der Waals surface area (Å²) in [6.07, 6.45) is 0. The predicted octanol–water partition coefficient (Wildman–Crippen LogP) is 2.24. The number of rotatable bonds is 3. The number of piperazine rings is 1. The molecule has 1 fully saturated rings. The van der Waals surface area contributed by atoms with E-state index in [9.17, 15) is 5.11 Å². The van der Waals surface area contributed by atoms with Gasteiger partial charge in [-0.05, 0) is 36.9 Å². The molecule has 2 aromatic rings. The minimum absolute atomic E-state index is 0.305. The molecule has 0 aromatic carbocycles. The summed E-state index contributed by atoms with van der Waals surface area (Å²) in [7, 11) is 0. The van der Waals surface area contributed by atoms with Crippen molar-refractivity contribution in [2.24, 2.45) is 0 Å². The fourth-order valence-electron chi connectivity index (χ4n) is 2.72. The van der Waals surface area contributed by atoms with E-state index in [1.165, 1.54) is 0 Å². The zero-order valence-corrected chi connectivity index (χ0v) is 13.8. The number of hydrogen-bond donors (Lipinski definition) is 1. The summed E-state index contributed by atoms with van der Waals surface area (Å²) in [4.78, 5) is 14.1. The molecule has 0 atom stereocenters. The van der Waals surface area contributed by atoms with Crippen molar-refractivity contribution in [1.82, 2.24) is 14.9 Å². The third-order valence-corrected chi connectivity index (χ3v) is 4.54. The zero-order valence-electron chi connectivity index (χ0n) is 12.2. The van der Waals surface area contributed by atoms with Crippen LogP contribution in [0.15, 0.2) is 11.4 Å². The molecule has 0 unspecified atom stereocenters. The number of nitrogens with zero attached hydrogens (tertiary/aromatic N) is 4. The fourth-order valence-corrected chi connectivity index (χ4v) is 3.69. The van der Waals surface area contributed by atoms with Gasteiger partial charge in [-0.3, -0.25) is 4.90 Å². The van der Waals surface area contributed by atoms with Crippen molar-refractivity contribution in [2.45, 2.75) is 19.4 Å². The highest BCUT2D eigenvalue weighted by Crippen LogP contribution is 2.29. The Morgan fingerprint density at radius 1 is 1.29 bits per heavy atom. The molecule has 7 heteroatoms. The highest BCUT2D eigenvalue weighted by Gasteiger charge is 2.24. The lowest BCUT2D eigenvalue weighted by Crippen LogP contribution is -2.50. The van der Waals surface area contributed by atoms with E-state index in [0.29, 0.717) is 11.8 Å². The topological polar surface area (TPSA) is 52.5 Å². The molecule has 0 bridgehead atoms. The van der Waals surface area contributed by atoms with Gasteiger partial charge in [0.15, 0.2) is 0 Å². The monoisotopic (exact) mass is 326 g/mol. The van der Waals surface area contributed by atoms with Gasteiger partial charge < -0.3 is 10.0 Å². The lowest BCUT2D eigenvalue weighted by atomic mass is 10.1. The third-order valence-electron chi connectivity index (χ3n) is 3.56. The molecule has 1 aliphatic rings. The van der Waals surface area contributed by atoms with Gasteiger partial charge in [-0.15, -0.1) is 11.3 Å². The molecule has 0 saturated carbocycles. The first-order valence-electron chi connectivity index (χ1n) is 7.03. The Kier molecular flexibility index (Phi) is 4.05. The van der Waals surface area contributed by atoms with E-state index in [1.807, 2.05) is 19.2 Å². The zero-order chi connectivity index (χ0) is 15.0. The molecule has 3 rings (SSSR count). The first-order valence-corrected chi connectivity index (χ1v) is 8.28. The lowest BCUT2D eigenvalue weighted by Gasteiger charge is -2.38. The van der Waals surface area contributed by atoms with Crippen LogP contribution in [-0.2, 0) is 0 Å². The minimum atomic E-state index is -0.652. The van der Waals surface area contributed by atoms with Crippen LogP contribution in [0.2, 0.25) is 5.28 Å². The summed E-state index contributed by atoms with van der Waals surface area (Å²) in [6.45, 7) is 7.98. The molecule has 1 aliphatic heterocycles. The highest BCUT2D eigenvalue weighted by molar-refractivity contribution is 7.16. The van der Waals surface area contributed by atoms with Crippen LogP contribution < -0.4 is 4.90 Å². The molecular weight excluding hydrogens is 308 g/mol. The van der Waals surface area contributed by atoms with E-state index in [-0.39, 0.29) is 0 Å². The Bertz CT molecular complexity index is 631. The summed E-state index contributed by atoms with van der Waals surface area (Å²) in [5.41, 5.74) is -0.652. The number of fused-ring (bicyclic) bond motifs is 1. The standard InChI is InChI=1S/C14H19ClN4OS/c1-14(2,20)9-18-4-6-19(7-5-18)11-10-3-8-21-12(10)17-13(15)16-11/h3,8,20H,4-7,9H2,1-2H3. The quantitative estimate of drug-likeness (QED) is 0.877. The fraction of sp³-hybridized carbons (Fsp3) is 0.571. The van der Waals surface area contributed by atoms with Crippen LogP contribution in [0.25, 0.3) is 10.2 Å². The van der Waals surface area contributed by atoms with Gasteiger partial charge in [-0.25, -0.2) is 4.98 Å². The van der Waals surface area contributed by atoms with Crippen LogP contribution >= 0.6 is 22.9 Å². The molecule has 21 heavy (non-hydrogen) atoms. The highest BCUT2D eigenvalue weighted by atomic mass is 35.5. The third kappa shape index (κ3) is 3.45. The van der Waals surface area contributed by atoms with Crippen LogP contribution in [0.3, 0.4) is 0 Å². The normalized spacial score (nSPS) is 17.6. The van der Waals surface area contributed by atoms with Crippen molar-refractivity contribution in [3.8, 4) is 0 Å². The summed E-state index contributed by atoms with van der Waals surface area (Å²) >= 11 is 7.61. The molecule has 1 N–H and O–H groups in total.